The maximum atomic E-state index is 9.02. The van der Waals surface area contributed by atoms with Crippen LogP contribution in [0.4, 0.5) is 0 Å². The van der Waals surface area contributed by atoms with E-state index in [2.05, 4.69) is 30.1 Å². The predicted octanol–water partition coefficient (Wildman–Crippen LogP) is 2.06. The average Bonchev–Trinajstić information content (AvgIpc) is 2.88. The average molecular weight is 246 g/mol. The Morgan fingerprint density at radius 2 is 2.29 bits per heavy atom. The number of aromatic nitrogens is 2. The van der Waals surface area contributed by atoms with Crippen LogP contribution in [0.2, 0.25) is 0 Å². The molecule has 0 aliphatic carbocycles. The van der Waals surface area contributed by atoms with E-state index < -0.39 is 0 Å². The first-order valence-corrected chi connectivity index (χ1v) is 6.20. The quantitative estimate of drug-likeness (QED) is 0.901. The highest BCUT2D eigenvalue weighted by Crippen LogP contribution is 2.28. The van der Waals surface area contributed by atoms with E-state index in [1.54, 1.807) is 17.5 Å². The topological polar surface area (TPSA) is 67.6 Å². The summed E-state index contributed by atoms with van der Waals surface area (Å²) in [6.07, 6.45) is 3.44. The van der Waals surface area contributed by atoms with Crippen LogP contribution in [-0.2, 0) is 0 Å². The number of nitrogens with two attached hydrogens (primary N) is 1. The third-order valence-corrected chi connectivity index (χ3v) is 3.69. The standard InChI is InChI=1S/C12H14N4S/c1-8-3-4-10(17-8)12(9(2)14)16-6-5-15-11(16)7-13/h3-6,9,12H,14H2,1-2H3. The molecule has 2 aromatic rings. The summed E-state index contributed by atoms with van der Waals surface area (Å²) in [5.74, 6) is 0.401. The van der Waals surface area contributed by atoms with Gasteiger partial charge in [0, 0.05) is 28.2 Å². The summed E-state index contributed by atoms with van der Waals surface area (Å²) in [6, 6.07) is 6.12. The first-order chi connectivity index (χ1) is 8.13. The Balaban J connectivity index is 2.47. The summed E-state index contributed by atoms with van der Waals surface area (Å²) in [6.45, 7) is 4.01. The molecule has 2 atom stereocenters. The normalized spacial score (nSPS) is 14.2. The zero-order valence-corrected chi connectivity index (χ0v) is 10.6. The van der Waals surface area contributed by atoms with E-state index in [-0.39, 0.29) is 12.1 Å². The van der Waals surface area contributed by atoms with Crippen molar-refractivity contribution in [2.24, 2.45) is 5.73 Å². The zero-order chi connectivity index (χ0) is 12.4. The van der Waals surface area contributed by atoms with Gasteiger partial charge in [-0.05, 0) is 26.0 Å². The Labute approximate surface area is 104 Å². The molecule has 0 amide bonds. The number of thiophene rings is 1. The molecule has 0 aliphatic heterocycles. The van der Waals surface area contributed by atoms with Crippen LogP contribution in [0.1, 0.15) is 28.5 Å². The molecule has 2 N–H and O–H groups in total. The van der Waals surface area contributed by atoms with E-state index in [0.29, 0.717) is 5.82 Å². The van der Waals surface area contributed by atoms with Gasteiger partial charge in [-0.25, -0.2) is 4.98 Å². The van der Waals surface area contributed by atoms with E-state index in [9.17, 15) is 0 Å². The van der Waals surface area contributed by atoms with Gasteiger partial charge in [0.2, 0.25) is 5.82 Å². The Bertz CT molecular complexity index is 547. The largest absolute Gasteiger partial charge is 0.326 e. The second-order valence-electron chi connectivity index (χ2n) is 4.02. The first-order valence-electron chi connectivity index (χ1n) is 5.38. The van der Waals surface area contributed by atoms with Crippen molar-refractivity contribution in [2.75, 3.05) is 0 Å². The lowest BCUT2D eigenvalue weighted by Gasteiger charge is -2.21. The summed E-state index contributed by atoms with van der Waals surface area (Å²) in [5.41, 5.74) is 6.04. The lowest BCUT2D eigenvalue weighted by atomic mass is 10.1. The van der Waals surface area contributed by atoms with Crippen molar-refractivity contribution in [3.63, 3.8) is 0 Å². The van der Waals surface area contributed by atoms with E-state index in [4.69, 9.17) is 11.0 Å². The molecule has 2 rings (SSSR count). The second kappa shape index (κ2) is 4.70. The minimum atomic E-state index is -0.0747. The highest BCUT2D eigenvalue weighted by atomic mass is 32.1. The van der Waals surface area contributed by atoms with Crippen molar-refractivity contribution in [3.8, 4) is 6.07 Å². The number of hydrogen-bond donors (Lipinski definition) is 1. The van der Waals surface area contributed by atoms with Gasteiger partial charge in [-0.15, -0.1) is 11.3 Å². The fourth-order valence-corrected chi connectivity index (χ4v) is 2.98. The molecule has 0 saturated carbocycles. The lowest BCUT2D eigenvalue weighted by Crippen LogP contribution is -2.30. The number of nitrogens with zero attached hydrogens (tertiary/aromatic N) is 3. The monoisotopic (exact) mass is 246 g/mol. The molecule has 0 fully saturated rings. The highest BCUT2D eigenvalue weighted by molar-refractivity contribution is 7.12. The molecule has 0 aliphatic rings. The van der Waals surface area contributed by atoms with Crippen LogP contribution in [0.3, 0.4) is 0 Å². The van der Waals surface area contributed by atoms with E-state index in [1.807, 2.05) is 17.7 Å². The fraction of sp³-hybridized carbons (Fsp3) is 0.333. The van der Waals surface area contributed by atoms with Crippen molar-refractivity contribution in [3.05, 3.63) is 40.1 Å². The molecule has 0 aromatic carbocycles. The van der Waals surface area contributed by atoms with Crippen molar-refractivity contribution in [1.29, 1.82) is 5.26 Å². The Morgan fingerprint density at radius 3 is 2.82 bits per heavy atom. The summed E-state index contributed by atoms with van der Waals surface area (Å²) < 4.78 is 1.84. The van der Waals surface area contributed by atoms with Crippen molar-refractivity contribution < 1.29 is 0 Å². The van der Waals surface area contributed by atoms with Crippen LogP contribution in [0.5, 0.6) is 0 Å². The predicted molar refractivity (Wildman–Crippen MR) is 67.8 cm³/mol. The molecule has 0 bridgehead atoms. The van der Waals surface area contributed by atoms with Crippen LogP contribution >= 0.6 is 11.3 Å². The van der Waals surface area contributed by atoms with E-state index in [1.165, 1.54) is 4.88 Å². The SMILES string of the molecule is Cc1ccc(C(C(C)N)n2ccnc2C#N)s1. The Kier molecular flexibility index (Phi) is 3.27. The van der Waals surface area contributed by atoms with Crippen LogP contribution in [0, 0.1) is 18.3 Å². The van der Waals surface area contributed by atoms with Gasteiger partial charge in [0.05, 0.1) is 6.04 Å². The molecule has 2 heterocycles. The molecule has 0 saturated heterocycles. The van der Waals surface area contributed by atoms with Gasteiger partial charge in [0.15, 0.2) is 0 Å². The fourth-order valence-electron chi connectivity index (χ4n) is 1.89. The lowest BCUT2D eigenvalue weighted by molar-refractivity contribution is 0.499. The molecular weight excluding hydrogens is 232 g/mol. The van der Waals surface area contributed by atoms with Gasteiger partial charge in [-0.2, -0.15) is 5.26 Å². The molecule has 5 heteroatoms. The van der Waals surface area contributed by atoms with Crippen molar-refractivity contribution in [1.82, 2.24) is 9.55 Å². The van der Waals surface area contributed by atoms with Crippen LogP contribution in [-0.4, -0.2) is 15.6 Å². The molecule has 0 radical (unpaired) electrons. The Morgan fingerprint density at radius 1 is 1.53 bits per heavy atom. The minimum absolute atomic E-state index is 0.0224. The van der Waals surface area contributed by atoms with Crippen LogP contribution < -0.4 is 5.73 Å². The highest BCUT2D eigenvalue weighted by Gasteiger charge is 2.22. The Hall–Kier alpha value is -1.64. The second-order valence-corrected chi connectivity index (χ2v) is 5.34. The number of imidazole rings is 1. The number of nitriles is 1. The maximum Gasteiger partial charge on any atom is 0.213 e. The number of aryl methyl sites for hydroxylation is 1. The third-order valence-electron chi connectivity index (χ3n) is 2.62. The first kappa shape index (κ1) is 11.8. The molecule has 0 spiro atoms. The van der Waals surface area contributed by atoms with E-state index in [0.717, 1.165) is 4.88 Å². The maximum absolute atomic E-state index is 9.02. The van der Waals surface area contributed by atoms with Gasteiger partial charge in [-0.3, -0.25) is 0 Å². The number of rotatable bonds is 3. The molecule has 4 nitrogen and oxygen atoms in total. The summed E-state index contributed by atoms with van der Waals surface area (Å²) in [4.78, 5) is 6.42. The van der Waals surface area contributed by atoms with Crippen molar-refractivity contribution >= 4 is 11.3 Å². The van der Waals surface area contributed by atoms with Gasteiger partial charge in [-0.1, -0.05) is 0 Å². The van der Waals surface area contributed by atoms with Gasteiger partial charge < -0.3 is 10.3 Å². The van der Waals surface area contributed by atoms with E-state index >= 15 is 0 Å². The molecule has 88 valence electrons. The molecule has 2 aromatic heterocycles. The summed E-state index contributed by atoms with van der Waals surface area (Å²) in [5, 5.41) is 9.02. The third kappa shape index (κ3) is 2.23. The number of hydrogen-bond acceptors (Lipinski definition) is 4. The van der Waals surface area contributed by atoms with Gasteiger partial charge >= 0.3 is 0 Å². The summed E-state index contributed by atoms with van der Waals surface area (Å²) >= 11 is 1.70. The van der Waals surface area contributed by atoms with Gasteiger partial charge in [0.1, 0.15) is 6.07 Å². The van der Waals surface area contributed by atoms with Crippen LogP contribution in [0.25, 0.3) is 0 Å². The van der Waals surface area contributed by atoms with Gasteiger partial charge in [0.25, 0.3) is 0 Å². The van der Waals surface area contributed by atoms with Crippen molar-refractivity contribution in [2.45, 2.75) is 25.9 Å². The molecule has 17 heavy (non-hydrogen) atoms. The minimum Gasteiger partial charge on any atom is -0.326 e. The van der Waals surface area contributed by atoms with Crippen LogP contribution in [0.15, 0.2) is 24.5 Å². The summed E-state index contributed by atoms with van der Waals surface area (Å²) in [7, 11) is 0. The molecule has 2 unspecified atom stereocenters. The molecular formula is C12H14N4S. The zero-order valence-electron chi connectivity index (χ0n) is 9.79. The smallest absolute Gasteiger partial charge is 0.213 e.